The summed E-state index contributed by atoms with van der Waals surface area (Å²) in [5.41, 5.74) is 3.16. The number of nitrogens with zero attached hydrogens (tertiary/aromatic N) is 1. The molecule has 1 aliphatic rings. The van der Waals surface area contributed by atoms with Crippen LogP contribution in [0.1, 0.15) is 24.5 Å². The Labute approximate surface area is 119 Å². The van der Waals surface area contributed by atoms with Crippen LogP contribution in [0.4, 0.5) is 18.9 Å². The summed E-state index contributed by atoms with van der Waals surface area (Å²) in [6.07, 6.45) is -4.13. The van der Waals surface area contributed by atoms with Crippen LogP contribution in [0.3, 0.4) is 0 Å². The monoisotopic (exact) mass is 298 g/mol. The number of halogens is 3. The number of carbonyl (C=O) groups is 1. The molecule has 21 heavy (non-hydrogen) atoms. The lowest BCUT2D eigenvalue weighted by molar-refractivity contribution is -0.137. The van der Waals surface area contributed by atoms with Crippen LogP contribution in [0.25, 0.3) is 0 Å². The second kappa shape index (κ2) is 5.35. The summed E-state index contributed by atoms with van der Waals surface area (Å²) < 4.78 is 38.5. The van der Waals surface area contributed by atoms with Gasteiger partial charge in [0.05, 0.1) is 17.2 Å². The van der Waals surface area contributed by atoms with Gasteiger partial charge >= 0.3 is 6.18 Å². The molecular weight excluding hydrogens is 285 g/mol. The van der Waals surface area contributed by atoms with Gasteiger partial charge < -0.3 is 5.32 Å². The maximum Gasteiger partial charge on any atom is 0.417 e. The van der Waals surface area contributed by atoms with Gasteiger partial charge in [0, 0.05) is 12.2 Å². The molecule has 1 aromatic carbocycles. The van der Waals surface area contributed by atoms with Gasteiger partial charge in [0.15, 0.2) is 0 Å². The van der Waals surface area contributed by atoms with E-state index in [-0.39, 0.29) is 5.69 Å². The summed E-state index contributed by atoms with van der Waals surface area (Å²) in [4.78, 5) is 12.1. The molecule has 112 valence electrons. The Balaban J connectivity index is 2.26. The van der Waals surface area contributed by atoms with Gasteiger partial charge in [-0.1, -0.05) is 0 Å². The van der Waals surface area contributed by atoms with Crippen LogP contribution in [0, 0.1) is 11.3 Å². The van der Waals surface area contributed by atoms with Gasteiger partial charge in [-0.15, -0.1) is 0 Å². The molecule has 1 saturated heterocycles. The van der Waals surface area contributed by atoms with Crippen LogP contribution < -0.4 is 16.2 Å². The zero-order valence-corrected chi connectivity index (χ0v) is 11.1. The molecule has 0 radical (unpaired) electrons. The molecule has 0 spiro atoms. The third kappa shape index (κ3) is 3.15. The number of hydrogen-bond donors (Lipinski definition) is 3. The number of rotatable bonds is 2. The van der Waals surface area contributed by atoms with E-state index in [1.165, 1.54) is 12.1 Å². The van der Waals surface area contributed by atoms with E-state index in [0.29, 0.717) is 13.0 Å². The third-order valence-electron chi connectivity index (χ3n) is 3.32. The van der Waals surface area contributed by atoms with Crippen LogP contribution in [-0.4, -0.2) is 18.0 Å². The molecule has 0 aliphatic carbocycles. The van der Waals surface area contributed by atoms with E-state index >= 15 is 0 Å². The van der Waals surface area contributed by atoms with Crippen molar-refractivity contribution in [3.05, 3.63) is 29.3 Å². The summed E-state index contributed by atoms with van der Waals surface area (Å²) in [6, 6.07) is 4.57. The van der Waals surface area contributed by atoms with Crippen molar-refractivity contribution >= 4 is 11.6 Å². The van der Waals surface area contributed by atoms with Crippen molar-refractivity contribution in [2.75, 3.05) is 11.9 Å². The fraction of sp³-hybridized carbons (Fsp3) is 0.385. The molecule has 1 aromatic rings. The number of hydrazine groups is 1. The average molecular weight is 298 g/mol. The van der Waals surface area contributed by atoms with Crippen molar-refractivity contribution in [2.45, 2.75) is 25.1 Å². The van der Waals surface area contributed by atoms with Gasteiger partial charge in [-0.2, -0.15) is 18.4 Å². The van der Waals surface area contributed by atoms with E-state index in [0.717, 1.165) is 12.1 Å². The Morgan fingerprint density at radius 2 is 2.19 bits per heavy atom. The number of alkyl halides is 3. The van der Waals surface area contributed by atoms with Crippen molar-refractivity contribution in [2.24, 2.45) is 0 Å². The Bertz CT molecular complexity index is 600. The first-order chi connectivity index (χ1) is 9.76. The average Bonchev–Trinajstić information content (AvgIpc) is 2.86. The number of benzene rings is 1. The van der Waals surface area contributed by atoms with Crippen LogP contribution in [0.5, 0.6) is 0 Å². The highest BCUT2D eigenvalue weighted by Gasteiger charge is 2.37. The van der Waals surface area contributed by atoms with Crippen molar-refractivity contribution in [1.29, 1.82) is 5.26 Å². The van der Waals surface area contributed by atoms with Gasteiger partial charge in [-0.25, -0.2) is 5.43 Å². The molecule has 1 fully saturated rings. The predicted molar refractivity (Wildman–Crippen MR) is 68.9 cm³/mol. The van der Waals surface area contributed by atoms with Gasteiger partial charge in [-0.05, 0) is 31.5 Å². The molecule has 1 atom stereocenters. The first-order valence-electron chi connectivity index (χ1n) is 6.19. The highest BCUT2D eigenvalue weighted by Crippen LogP contribution is 2.33. The standard InChI is InChI=1S/C13H13F3N4O/c1-12(4-5-18-20-12)11(21)19-9-3-2-8(7-17)10(6-9)13(14,15)16/h2-3,6,18,20H,4-5H2,1H3,(H,19,21). The predicted octanol–water partition coefficient (Wildman–Crippen LogP) is 1.77. The zero-order valence-electron chi connectivity index (χ0n) is 11.1. The Morgan fingerprint density at radius 1 is 1.48 bits per heavy atom. The molecule has 2 rings (SSSR count). The molecule has 0 saturated carbocycles. The minimum atomic E-state index is -4.65. The first kappa shape index (κ1) is 15.3. The van der Waals surface area contributed by atoms with Gasteiger partial charge in [0.25, 0.3) is 0 Å². The Kier molecular flexibility index (Phi) is 3.89. The van der Waals surface area contributed by atoms with E-state index in [9.17, 15) is 18.0 Å². The molecule has 3 N–H and O–H groups in total. The quantitative estimate of drug-likeness (QED) is 0.777. The van der Waals surface area contributed by atoms with Crippen molar-refractivity contribution in [3.8, 4) is 6.07 Å². The van der Waals surface area contributed by atoms with Gasteiger partial charge in [-0.3, -0.25) is 10.2 Å². The smallest absolute Gasteiger partial charge is 0.324 e. The molecule has 1 aliphatic heterocycles. The minimum absolute atomic E-state index is 0.00116. The third-order valence-corrected chi connectivity index (χ3v) is 3.32. The summed E-state index contributed by atoms with van der Waals surface area (Å²) in [5, 5.41) is 11.1. The largest absolute Gasteiger partial charge is 0.417 e. The summed E-state index contributed by atoms with van der Waals surface area (Å²) in [6.45, 7) is 2.24. The summed E-state index contributed by atoms with van der Waals surface area (Å²) in [5.74, 6) is -0.440. The number of nitriles is 1. The topological polar surface area (TPSA) is 77.0 Å². The maximum absolute atomic E-state index is 12.8. The molecular formula is C13H13F3N4O. The van der Waals surface area contributed by atoms with E-state index < -0.39 is 28.7 Å². The Hall–Kier alpha value is -2.11. The Morgan fingerprint density at radius 3 is 2.71 bits per heavy atom. The zero-order chi connectivity index (χ0) is 15.7. The first-order valence-corrected chi connectivity index (χ1v) is 6.19. The fourth-order valence-electron chi connectivity index (χ4n) is 2.03. The van der Waals surface area contributed by atoms with Crippen LogP contribution >= 0.6 is 0 Å². The highest BCUT2D eigenvalue weighted by atomic mass is 19.4. The molecule has 0 aromatic heterocycles. The van der Waals surface area contributed by atoms with Gasteiger partial charge in [0.2, 0.25) is 5.91 Å². The van der Waals surface area contributed by atoms with E-state index in [2.05, 4.69) is 16.2 Å². The molecule has 1 heterocycles. The molecule has 8 heteroatoms. The van der Waals surface area contributed by atoms with E-state index in [1.807, 2.05) is 0 Å². The van der Waals surface area contributed by atoms with Crippen LogP contribution in [0.2, 0.25) is 0 Å². The van der Waals surface area contributed by atoms with Crippen molar-refractivity contribution in [3.63, 3.8) is 0 Å². The van der Waals surface area contributed by atoms with Crippen LogP contribution in [-0.2, 0) is 11.0 Å². The molecule has 1 amide bonds. The summed E-state index contributed by atoms with van der Waals surface area (Å²) in [7, 11) is 0. The molecule has 1 unspecified atom stereocenters. The highest BCUT2D eigenvalue weighted by molar-refractivity contribution is 5.98. The second-order valence-corrected chi connectivity index (χ2v) is 4.96. The summed E-state index contributed by atoms with van der Waals surface area (Å²) >= 11 is 0. The van der Waals surface area contributed by atoms with E-state index in [1.54, 1.807) is 6.92 Å². The lowest BCUT2D eigenvalue weighted by atomic mass is 9.99. The van der Waals surface area contributed by atoms with Crippen molar-refractivity contribution < 1.29 is 18.0 Å². The second-order valence-electron chi connectivity index (χ2n) is 4.96. The lowest BCUT2D eigenvalue weighted by Crippen LogP contribution is -2.50. The maximum atomic E-state index is 12.8. The number of carbonyl (C=O) groups excluding carboxylic acids is 1. The van der Waals surface area contributed by atoms with Crippen LogP contribution in [0.15, 0.2) is 18.2 Å². The number of anilines is 1. The van der Waals surface area contributed by atoms with Crippen molar-refractivity contribution in [1.82, 2.24) is 10.9 Å². The van der Waals surface area contributed by atoms with Gasteiger partial charge in [0.1, 0.15) is 5.54 Å². The molecule has 0 bridgehead atoms. The number of amides is 1. The fourth-order valence-corrected chi connectivity index (χ4v) is 2.03. The lowest BCUT2D eigenvalue weighted by Gasteiger charge is -2.22. The normalized spacial score (nSPS) is 21.9. The number of hydrogen-bond acceptors (Lipinski definition) is 4. The number of nitrogens with one attached hydrogen (secondary N) is 3. The SMILES string of the molecule is CC1(C(=O)Nc2ccc(C#N)c(C(F)(F)F)c2)CCNN1. The molecule has 5 nitrogen and oxygen atoms in total. The van der Waals surface area contributed by atoms with E-state index in [4.69, 9.17) is 5.26 Å². The minimum Gasteiger partial charge on any atom is -0.324 e.